The molecule has 0 saturated carbocycles. The van der Waals surface area contributed by atoms with E-state index in [1.165, 1.54) is 0 Å². The second-order valence-electron chi connectivity index (χ2n) is 2.57. The fourth-order valence-electron chi connectivity index (χ4n) is 1.08. The predicted octanol–water partition coefficient (Wildman–Crippen LogP) is 0.233. The molecule has 0 amide bonds. The third-order valence-electron chi connectivity index (χ3n) is 1.62. The summed E-state index contributed by atoms with van der Waals surface area (Å²) in [5, 5.41) is 0. The highest BCUT2D eigenvalue weighted by Crippen LogP contribution is 2.33. The summed E-state index contributed by atoms with van der Waals surface area (Å²) in [6.07, 6.45) is 0. The van der Waals surface area contributed by atoms with E-state index in [1.807, 2.05) is 0 Å². The summed E-state index contributed by atoms with van der Waals surface area (Å²) in [6.45, 7) is 0. The molecule has 0 radical (unpaired) electrons. The molecule has 1 heterocycles. The van der Waals surface area contributed by atoms with Crippen LogP contribution in [-0.4, -0.2) is 16.8 Å². The molecule has 0 aliphatic carbocycles. The first kappa shape index (κ1) is 9.56. The first-order chi connectivity index (χ1) is 6.33. The minimum atomic E-state index is -4.36. The Morgan fingerprint density at radius 1 is 1.00 bits per heavy atom. The van der Waals surface area contributed by atoms with Crippen molar-refractivity contribution >= 4 is 20.2 Å². The van der Waals surface area contributed by atoms with Crippen LogP contribution in [0.1, 0.15) is 0 Å². The predicted molar refractivity (Wildman–Crippen MR) is 41.9 cm³/mol. The maximum Gasteiger partial charge on any atom is 0.313 e. The van der Waals surface area contributed by atoms with Gasteiger partial charge in [-0.05, 0) is 18.2 Å². The largest absolute Gasteiger partial charge is 0.313 e. The van der Waals surface area contributed by atoms with E-state index in [0.717, 1.165) is 12.1 Å². The van der Waals surface area contributed by atoms with Crippen LogP contribution in [0, 0.1) is 5.82 Å². The van der Waals surface area contributed by atoms with Crippen molar-refractivity contribution in [2.24, 2.45) is 0 Å². The zero-order chi connectivity index (χ0) is 10.6. The molecule has 0 N–H and O–H groups in total. The Hall–Kier alpha value is -0.990. The van der Waals surface area contributed by atoms with Gasteiger partial charge >= 0.3 is 20.2 Å². The molecule has 76 valence electrons. The maximum absolute atomic E-state index is 12.6. The van der Waals surface area contributed by atoms with Crippen LogP contribution in [-0.2, 0) is 23.9 Å². The normalized spacial score (nSPS) is 21.8. The van der Waals surface area contributed by atoms with Gasteiger partial charge in [0.15, 0.2) is 0 Å². The molecule has 1 aliphatic heterocycles. The number of halogens is 1. The summed E-state index contributed by atoms with van der Waals surface area (Å²) in [7, 11) is -8.65. The second-order valence-corrected chi connectivity index (χ2v) is 5.81. The van der Waals surface area contributed by atoms with Crippen molar-refractivity contribution in [3.05, 3.63) is 24.0 Å². The Morgan fingerprint density at radius 2 is 1.57 bits per heavy atom. The van der Waals surface area contributed by atoms with E-state index in [4.69, 9.17) is 0 Å². The number of benzene rings is 1. The third kappa shape index (κ3) is 1.22. The summed E-state index contributed by atoms with van der Waals surface area (Å²) in [5.41, 5.74) is 0. The molecule has 0 spiro atoms. The Morgan fingerprint density at radius 3 is 2.21 bits per heavy atom. The van der Waals surface area contributed by atoms with Gasteiger partial charge in [0.2, 0.25) is 0 Å². The highest BCUT2D eigenvalue weighted by molar-refractivity contribution is 8.02. The van der Waals surface area contributed by atoms with Gasteiger partial charge in [0.1, 0.15) is 15.6 Å². The van der Waals surface area contributed by atoms with Crippen molar-refractivity contribution in [1.82, 2.24) is 0 Å². The van der Waals surface area contributed by atoms with Crippen LogP contribution in [0.5, 0.6) is 0 Å². The lowest BCUT2D eigenvalue weighted by atomic mass is 10.3. The van der Waals surface area contributed by atoms with E-state index in [-0.39, 0.29) is 0 Å². The molecule has 0 aromatic heterocycles. The molecule has 5 nitrogen and oxygen atoms in total. The zero-order valence-electron chi connectivity index (χ0n) is 6.47. The van der Waals surface area contributed by atoms with Gasteiger partial charge in [0.05, 0.1) is 0 Å². The molecule has 0 saturated heterocycles. The zero-order valence-corrected chi connectivity index (χ0v) is 8.10. The van der Waals surface area contributed by atoms with Crippen LogP contribution in [0.3, 0.4) is 0 Å². The average molecular weight is 238 g/mol. The van der Waals surface area contributed by atoms with Gasteiger partial charge < -0.3 is 0 Å². The second kappa shape index (κ2) is 2.53. The van der Waals surface area contributed by atoms with Crippen LogP contribution < -0.4 is 0 Å². The van der Waals surface area contributed by atoms with Crippen molar-refractivity contribution in [3.63, 3.8) is 0 Å². The molecular formula is C6H3FO5S2. The lowest BCUT2D eigenvalue weighted by molar-refractivity contribution is 0.475. The molecule has 14 heavy (non-hydrogen) atoms. The number of hydrogen-bond donors (Lipinski definition) is 0. The number of fused-ring (bicyclic) bond motifs is 1. The van der Waals surface area contributed by atoms with Crippen LogP contribution in [0.4, 0.5) is 4.39 Å². The monoisotopic (exact) mass is 238 g/mol. The van der Waals surface area contributed by atoms with Gasteiger partial charge in [0.25, 0.3) is 0 Å². The maximum atomic E-state index is 12.6. The van der Waals surface area contributed by atoms with Crippen LogP contribution in [0.15, 0.2) is 28.0 Å². The van der Waals surface area contributed by atoms with E-state index in [9.17, 15) is 21.2 Å². The van der Waals surface area contributed by atoms with Gasteiger partial charge in [-0.25, -0.2) is 4.39 Å². The number of hydrogen-bond acceptors (Lipinski definition) is 5. The minimum absolute atomic E-state index is 0.529. The fraction of sp³-hybridized carbons (Fsp3) is 0. The van der Waals surface area contributed by atoms with Gasteiger partial charge in [-0.1, -0.05) is 0 Å². The quantitative estimate of drug-likeness (QED) is 0.646. The SMILES string of the molecule is O=S1(=O)OS(=O)(=O)c2cc(F)ccc21. The summed E-state index contributed by atoms with van der Waals surface area (Å²) < 4.78 is 60.7. The highest BCUT2D eigenvalue weighted by atomic mass is 32.3. The number of rotatable bonds is 0. The molecule has 0 unspecified atom stereocenters. The Kier molecular flexibility index (Phi) is 1.72. The van der Waals surface area contributed by atoms with Gasteiger partial charge in [-0.2, -0.15) is 16.8 Å². The highest BCUT2D eigenvalue weighted by Gasteiger charge is 2.40. The Labute approximate surface area is 79.4 Å². The summed E-state index contributed by atoms with van der Waals surface area (Å²) in [5.74, 6) is -0.840. The Bertz CT molecular complexity index is 601. The lowest BCUT2D eigenvalue weighted by Crippen LogP contribution is -2.01. The van der Waals surface area contributed by atoms with E-state index < -0.39 is 35.8 Å². The standard InChI is InChI=1S/C6H3FO5S2/c7-4-1-2-5-6(3-4)14(10,11)12-13(5,8)9/h1-3H. The molecule has 1 aliphatic rings. The van der Waals surface area contributed by atoms with Gasteiger partial charge in [-0.15, -0.1) is 3.63 Å². The molecule has 0 bridgehead atoms. The van der Waals surface area contributed by atoms with E-state index in [0.29, 0.717) is 6.07 Å². The molecule has 0 fully saturated rings. The van der Waals surface area contributed by atoms with Gasteiger partial charge in [0, 0.05) is 0 Å². The van der Waals surface area contributed by atoms with Crippen molar-refractivity contribution in [2.75, 3.05) is 0 Å². The third-order valence-corrected chi connectivity index (χ3v) is 4.96. The Balaban J connectivity index is 2.93. The minimum Gasteiger partial charge on any atom is -0.207 e. The first-order valence-corrected chi connectivity index (χ1v) is 6.15. The summed E-state index contributed by atoms with van der Waals surface area (Å²) in [6, 6.07) is 2.31. The first-order valence-electron chi connectivity index (χ1n) is 3.34. The van der Waals surface area contributed by atoms with Crippen molar-refractivity contribution < 1.29 is 24.9 Å². The summed E-state index contributed by atoms with van der Waals surface area (Å²) >= 11 is 0. The van der Waals surface area contributed by atoms with Crippen LogP contribution in [0.25, 0.3) is 0 Å². The molecule has 1 aromatic carbocycles. The average Bonchev–Trinajstić information content (AvgIpc) is 2.17. The van der Waals surface area contributed by atoms with E-state index in [1.54, 1.807) is 0 Å². The van der Waals surface area contributed by atoms with Crippen molar-refractivity contribution in [2.45, 2.75) is 9.79 Å². The van der Waals surface area contributed by atoms with E-state index >= 15 is 0 Å². The fourth-order valence-corrected chi connectivity index (χ4v) is 4.33. The molecule has 2 rings (SSSR count). The van der Waals surface area contributed by atoms with E-state index in [2.05, 4.69) is 3.63 Å². The molecule has 8 heteroatoms. The molecule has 0 atom stereocenters. The molecular weight excluding hydrogens is 235 g/mol. The summed E-state index contributed by atoms with van der Waals surface area (Å²) in [4.78, 5) is -1.18. The van der Waals surface area contributed by atoms with Crippen LogP contribution >= 0.6 is 0 Å². The lowest BCUT2D eigenvalue weighted by Gasteiger charge is -1.91. The van der Waals surface area contributed by atoms with Gasteiger partial charge in [-0.3, -0.25) is 0 Å². The van der Waals surface area contributed by atoms with Crippen LogP contribution in [0.2, 0.25) is 0 Å². The smallest absolute Gasteiger partial charge is 0.207 e. The van der Waals surface area contributed by atoms with Crippen molar-refractivity contribution in [1.29, 1.82) is 0 Å². The van der Waals surface area contributed by atoms with Crippen molar-refractivity contribution in [3.8, 4) is 0 Å². The molecule has 1 aromatic rings. The topological polar surface area (TPSA) is 77.5 Å².